The molecule has 0 aliphatic carbocycles. The van der Waals surface area contributed by atoms with E-state index in [2.05, 4.69) is 15.5 Å². The summed E-state index contributed by atoms with van der Waals surface area (Å²) in [6.45, 7) is 0.728. The van der Waals surface area contributed by atoms with Crippen LogP contribution in [0.3, 0.4) is 0 Å². The van der Waals surface area contributed by atoms with Crippen molar-refractivity contribution in [1.82, 2.24) is 10.2 Å². The molecule has 1 saturated heterocycles. The topological polar surface area (TPSA) is 75.2 Å². The van der Waals surface area contributed by atoms with Gasteiger partial charge < -0.3 is 5.32 Å². The van der Waals surface area contributed by atoms with Crippen molar-refractivity contribution in [3.05, 3.63) is 47.7 Å². The number of alkyl halides is 3. The first-order valence-electron chi connectivity index (χ1n) is 7.50. The van der Waals surface area contributed by atoms with E-state index in [0.717, 1.165) is 11.6 Å². The average molecular weight is 372 g/mol. The standard InChI is InChI=1S/C15H15F3N4O2S/c16-15(17,18)13-5-6-14(21-20-13)19-10-11-3-1-4-12(9-11)22-7-2-8-25(22,23)24/h1,3-6,9H,2,7-8,10H2,(H,19,21). The van der Waals surface area contributed by atoms with E-state index in [9.17, 15) is 21.6 Å². The molecule has 0 amide bonds. The molecule has 3 rings (SSSR count). The first-order valence-corrected chi connectivity index (χ1v) is 9.11. The number of rotatable bonds is 4. The summed E-state index contributed by atoms with van der Waals surface area (Å²) in [5, 5.41) is 9.50. The second-order valence-corrected chi connectivity index (χ2v) is 7.58. The molecule has 134 valence electrons. The van der Waals surface area contributed by atoms with Crippen LogP contribution < -0.4 is 9.62 Å². The van der Waals surface area contributed by atoms with Gasteiger partial charge in [-0.05, 0) is 36.2 Å². The molecule has 0 bridgehead atoms. The van der Waals surface area contributed by atoms with Crippen molar-refractivity contribution >= 4 is 21.5 Å². The quantitative estimate of drug-likeness (QED) is 0.893. The Balaban J connectivity index is 1.69. The third-order valence-corrected chi connectivity index (χ3v) is 5.60. The predicted octanol–water partition coefficient (Wildman–Crippen LogP) is 2.65. The fourth-order valence-corrected chi connectivity index (χ4v) is 4.08. The highest BCUT2D eigenvalue weighted by atomic mass is 32.2. The molecule has 0 unspecified atom stereocenters. The van der Waals surface area contributed by atoms with Crippen LogP contribution >= 0.6 is 0 Å². The smallest absolute Gasteiger partial charge is 0.365 e. The second-order valence-electron chi connectivity index (χ2n) is 5.57. The largest absolute Gasteiger partial charge is 0.435 e. The molecule has 2 heterocycles. The Hall–Kier alpha value is -2.36. The summed E-state index contributed by atoms with van der Waals surface area (Å²) in [6, 6.07) is 9.01. The molecule has 10 heteroatoms. The van der Waals surface area contributed by atoms with Crippen LogP contribution in [0.4, 0.5) is 24.7 Å². The lowest BCUT2D eigenvalue weighted by Gasteiger charge is -2.17. The van der Waals surface area contributed by atoms with Gasteiger partial charge in [-0.15, -0.1) is 10.2 Å². The number of anilines is 2. The number of hydrogen-bond acceptors (Lipinski definition) is 5. The van der Waals surface area contributed by atoms with Crippen LogP contribution in [0.1, 0.15) is 17.7 Å². The van der Waals surface area contributed by atoms with E-state index < -0.39 is 21.9 Å². The van der Waals surface area contributed by atoms with Gasteiger partial charge in [0.2, 0.25) is 10.0 Å². The van der Waals surface area contributed by atoms with Crippen LogP contribution in [-0.4, -0.2) is 30.9 Å². The number of sulfonamides is 1. The van der Waals surface area contributed by atoms with Crippen LogP contribution in [0.25, 0.3) is 0 Å². The van der Waals surface area contributed by atoms with Gasteiger partial charge in [0, 0.05) is 13.1 Å². The fraction of sp³-hybridized carbons (Fsp3) is 0.333. The lowest BCUT2D eigenvalue weighted by Crippen LogP contribution is -2.25. The van der Waals surface area contributed by atoms with Crippen molar-refractivity contribution in [3.63, 3.8) is 0 Å². The summed E-state index contributed by atoms with van der Waals surface area (Å²) in [5.41, 5.74) is 0.302. The van der Waals surface area contributed by atoms with Gasteiger partial charge in [0.1, 0.15) is 5.82 Å². The van der Waals surface area contributed by atoms with Gasteiger partial charge in [0.15, 0.2) is 5.69 Å². The maximum Gasteiger partial charge on any atom is 0.435 e. The molecule has 1 N–H and O–H groups in total. The van der Waals surface area contributed by atoms with E-state index in [4.69, 9.17) is 0 Å². The SMILES string of the molecule is O=S1(=O)CCCN1c1cccc(CNc2ccc(C(F)(F)F)nn2)c1. The van der Waals surface area contributed by atoms with Crippen molar-refractivity contribution in [2.24, 2.45) is 0 Å². The minimum Gasteiger partial charge on any atom is -0.365 e. The monoisotopic (exact) mass is 372 g/mol. The Bertz CT molecular complexity index is 854. The normalized spacial score (nSPS) is 16.8. The van der Waals surface area contributed by atoms with E-state index in [1.54, 1.807) is 24.3 Å². The number of benzene rings is 1. The fourth-order valence-electron chi connectivity index (χ4n) is 2.52. The summed E-state index contributed by atoms with van der Waals surface area (Å²) in [6.07, 6.45) is -3.94. The van der Waals surface area contributed by atoms with Gasteiger partial charge in [0.25, 0.3) is 0 Å². The lowest BCUT2D eigenvalue weighted by molar-refractivity contribution is -0.141. The van der Waals surface area contributed by atoms with Crippen LogP contribution in [0.5, 0.6) is 0 Å². The number of hydrogen-bond donors (Lipinski definition) is 1. The van der Waals surface area contributed by atoms with Gasteiger partial charge in [-0.1, -0.05) is 12.1 Å². The van der Waals surface area contributed by atoms with Gasteiger partial charge >= 0.3 is 6.18 Å². The molecule has 25 heavy (non-hydrogen) atoms. The number of nitrogens with one attached hydrogen (secondary N) is 1. The molecule has 1 aromatic heterocycles. The zero-order valence-electron chi connectivity index (χ0n) is 13.0. The van der Waals surface area contributed by atoms with Crippen LogP contribution in [0.15, 0.2) is 36.4 Å². The Morgan fingerprint density at radius 3 is 2.56 bits per heavy atom. The lowest BCUT2D eigenvalue weighted by atomic mass is 10.2. The van der Waals surface area contributed by atoms with E-state index in [1.807, 2.05) is 0 Å². The molecule has 6 nitrogen and oxygen atoms in total. The molecule has 0 spiro atoms. The summed E-state index contributed by atoms with van der Waals surface area (Å²) >= 11 is 0. The Morgan fingerprint density at radius 2 is 1.96 bits per heavy atom. The highest BCUT2D eigenvalue weighted by Crippen LogP contribution is 2.27. The molecule has 2 aromatic rings. The highest BCUT2D eigenvalue weighted by Gasteiger charge is 2.33. The number of halogens is 3. The zero-order valence-corrected chi connectivity index (χ0v) is 13.8. The minimum atomic E-state index is -4.53. The summed E-state index contributed by atoms with van der Waals surface area (Å²) in [5.74, 6) is 0.337. The molecular weight excluding hydrogens is 357 g/mol. The van der Waals surface area contributed by atoms with Crippen LogP contribution in [0.2, 0.25) is 0 Å². The third-order valence-electron chi connectivity index (χ3n) is 3.73. The van der Waals surface area contributed by atoms with Crippen molar-refractivity contribution < 1.29 is 21.6 Å². The van der Waals surface area contributed by atoms with Crippen molar-refractivity contribution in [1.29, 1.82) is 0 Å². The first-order chi connectivity index (χ1) is 11.8. The van der Waals surface area contributed by atoms with E-state index in [-0.39, 0.29) is 18.1 Å². The molecule has 0 radical (unpaired) electrons. The summed E-state index contributed by atoms with van der Waals surface area (Å²) in [4.78, 5) is 0. The Morgan fingerprint density at radius 1 is 1.16 bits per heavy atom. The van der Waals surface area contributed by atoms with Gasteiger partial charge in [-0.25, -0.2) is 8.42 Å². The highest BCUT2D eigenvalue weighted by molar-refractivity contribution is 7.93. The summed E-state index contributed by atoms with van der Waals surface area (Å²) < 4.78 is 62.6. The number of nitrogens with zero attached hydrogens (tertiary/aromatic N) is 3. The van der Waals surface area contributed by atoms with Crippen molar-refractivity contribution in [3.8, 4) is 0 Å². The first kappa shape index (κ1) is 17.5. The molecule has 0 atom stereocenters. The Labute approximate surface area is 142 Å². The third kappa shape index (κ3) is 4.01. The molecule has 0 saturated carbocycles. The van der Waals surface area contributed by atoms with E-state index in [1.165, 1.54) is 10.4 Å². The second kappa shape index (κ2) is 6.51. The van der Waals surface area contributed by atoms with Crippen molar-refractivity contribution in [2.45, 2.75) is 19.1 Å². The molecule has 1 aliphatic rings. The summed E-state index contributed by atoms with van der Waals surface area (Å²) in [7, 11) is -3.26. The van der Waals surface area contributed by atoms with Gasteiger partial charge in [-0.2, -0.15) is 13.2 Å². The average Bonchev–Trinajstić information content (AvgIpc) is 2.92. The maximum atomic E-state index is 12.4. The van der Waals surface area contributed by atoms with Gasteiger partial charge in [-0.3, -0.25) is 4.31 Å². The van der Waals surface area contributed by atoms with Crippen LogP contribution in [0, 0.1) is 0 Å². The van der Waals surface area contributed by atoms with Gasteiger partial charge in [0.05, 0.1) is 11.4 Å². The number of aromatic nitrogens is 2. The maximum absolute atomic E-state index is 12.4. The Kier molecular flexibility index (Phi) is 4.55. The molecule has 1 aromatic carbocycles. The predicted molar refractivity (Wildman–Crippen MR) is 86.6 cm³/mol. The van der Waals surface area contributed by atoms with E-state index in [0.29, 0.717) is 18.7 Å². The zero-order chi connectivity index (χ0) is 18.1. The molecular formula is C15H15F3N4O2S. The van der Waals surface area contributed by atoms with E-state index >= 15 is 0 Å². The van der Waals surface area contributed by atoms with Crippen LogP contribution in [-0.2, 0) is 22.7 Å². The molecule has 1 aliphatic heterocycles. The minimum absolute atomic E-state index is 0.136. The van der Waals surface area contributed by atoms with Crippen molar-refractivity contribution in [2.75, 3.05) is 21.9 Å². The molecule has 1 fully saturated rings.